The van der Waals surface area contributed by atoms with Crippen LogP contribution in [0.3, 0.4) is 0 Å². The molecular formula is C17H21ClN2O2S. The Morgan fingerprint density at radius 3 is 2.74 bits per heavy atom. The molecule has 1 unspecified atom stereocenters. The highest BCUT2D eigenvalue weighted by Crippen LogP contribution is 2.29. The fraction of sp³-hybridized carbons (Fsp3) is 0.353. The molecule has 3 rings (SSSR count). The number of methoxy groups -OCH3 is 1. The van der Waals surface area contributed by atoms with Crippen molar-refractivity contribution in [3.63, 3.8) is 0 Å². The number of benzene rings is 1. The number of nitrogens with one attached hydrogen (secondary N) is 2. The number of hydrogen-bond donors (Lipinski definition) is 2. The van der Waals surface area contributed by atoms with Gasteiger partial charge in [-0.15, -0.1) is 23.7 Å². The Morgan fingerprint density at radius 1 is 1.30 bits per heavy atom. The molecule has 1 fully saturated rings. The first-order chi connectivity index (χ1) is 10.8. The highest BCUT2D eigenvalue weighted by Gasteiger charge is 2.21. The molecular weight excluding hydrogens is 332 g/mol. The summed E-state index contributed by atoms with van der Waals surface area (Å²) in [6.45, 7) is 2.35. The molecule has 2 N–H and O–H groups in total. The van der Waals surface area contributed by atoms with Gasteiger partial charge in [-0.1, -0.05) is 0 Å². The number of carbonyl (C=O) groups excluding carboxylic acids is 1. The highest BCUT2D eigenvalue weighted by atomic mass is 35.5. The van der Waals surface area contributed by atoms with Crippen molar-refractivity contribution in [2.75, 3.05) is 20.2 Å². The summed E-state index contributed by atoms with van der Waals surface area (Å²) in [6, 6.07) is 12.2. The molecule has 2 aromatic rings. The molecule has 23 heavy (non-hydrogen) atoms. The number of carbonyl (C=O) groups is 1. The van der Waals surface area contributed by atoms with Crippen LogP contribution in [0.5, 0.6) is 5.75 Å². The zero-order chi connectivity index (χ0) is 15.4. The molecule has 1 aliphatic heterocycles. The quantitative estimate of drug-likeness (QED) is 0.869. The number of halogens is 1. The lowest BCUT2D eigenvalue weighted by Gasteiger charge is -2.08. The first kappa shape index (κ1) is 17.8. The summed E-state index contributed by atoms with van der Waals surface area (Å²) in [5.74, 6) is 1.14. The van der Waals surface area contributed by atoms with Gasteiger partial charge in [0.15, 0.2) is 0 Å². The van der Waals surface area contributed by atoms with Crippen LogP contribution in [0.25, 0.3) is 10.4 Å². The number of amides is 1. The van der Waals surface area contributed by atoms with Crippen LogP contribution in [0, 0.1) is 5.92 Å². The van der Waals surface area contributed by atoms with Crippen molar-refractivity contribution < 1.29 is 9.53 Å². The molecule has 0 bridgehead atoms. The van der Waals surface area contributed by atoms with E-state index in [4.69, 9.17) is 4.74 Å². The zero-order valence-corrected chi connectivity index (χ0v) is 14.6. The van der Waals surface area contributed by atoms with Crippen LogP contribution in [0.2, 0.25) is 0 Å². The van der Waals surface area contributed by atoms with E-state index in [2.05, 4.69) is 34.9 Å². The molecule has 1 aromatic carbocycles. The normalized spacial score (nSPS) is 16.7. The number of hydrogen-bond acceptors (Lipinski definition) is 4. The maximum absolute atomic E-state index is 12.0. The molecule has 1 aromatic heterocycles. The lowest BCUT2D eigenvalue weighted by atomic mass is 10.1. The molecule has 0 saturated carbocycles. The van der Waals surface area contributed by atoms with Crippen LogP contribution in [-0.2, 0) is 11.3 Å². The topological polar surface area (TPSA) is 50.4 Å². The molecule has 1 atom stereocenters. The molecule has 4 nitrogen and oxygen atoms in total. The van der Waals surface area contributed by atoms with Gasteiger partial charge in [0.1, 0.15) is 5.75 Å². The number of ether oxygens (including phenoxy) is 1. The van der Waals surface area contributed by atoms with Crippen molar-refractivity contribution >= 4 is 29.7 Å². The third-order valence-electron chi connectivity index (χ3n) is 3.90. The average Bonchev–Trinajstić information content (AvgIpc) is 3.24. The van der Waals surface area contributed by atoms with Crippen molar-refractivity contribution in [1.29, 1.82) is 0 Å². The second-order valence-electron chi connectivity index (χ2n) is 5.40. The van der Waals surface area contributed by atoms with E-state index in [0.717, 1.165) is 25.3 Å². The van der Waals surface area contributed by atoms with Crippen LogP contribution >= 0.6 is 23.7 Å². The minimum Gasteiger partial charge on any atom is -0.497 e. The van der Waals surface area contributed by atoms with Gasteiger partial charge < -0.3 is 15.4 Å². The van der Waals surface area contributed by atoms with Crippen LogP contribution in [0.1, 0.15) is 11.3 Å². The van der Waals surface area contributed by atoms with Gasteiger partial charge in [0, 0.05) is 16.3 Å². The van der Waals surface area contributed by atoms with Crippen LogP contribution in [0.15, 0.2) is 36.4 Å². The van der Waals surface area contributed by atoms with Crippen molar-refractivity contribution in [1.82, 2.24) is 10.6 Å². The molecule has 0 spiro atoms. The van der Waals surface area contributed by atoms with E-state index in [-0.39, 0.29) is 24.2 Å². The van der Waals surface area contributed by atoms with Gasteiger partial charge in [-0.2, -0.15) is 0 Å². The predicted octanol–water partition coefficient (Wildman–Crippen LogP) is 3.07. The van der Waals surface area contributed by atoms with Gasteiger partial charge in [-0.25, -0.2) is 0 Å². The predicted molar refractivity (Wildman–Crippen MR) is 96.4 cm³/mol. The second kappa shape index (κ2) is 8.34. The van der Waals surface area contributed by atoms with Gasteiger partial charge in [0.2, 0.25) is 5.91 Å². The van der Waals surface area contributed by atoms with E-state index < -0.39 is 0 Å². The standard InChI is InChI=1S/C17H20N2O2S.ClH/c1-21-14-4-2-12(3-5-14)16-7-6-15(22-16)11-19-17(20)13-8-9-18-10-13;/h2-7,13,18H,8-11H2,1H3,(H,19,20);1H. The van der Waals surface area contributed by atoms with Gasteiger partial charge in [-0.3, -0.25) is 4.79 Å². The fourth-order valence-electron chi connectivity index (χ4n) is 2.58. The maximum Gasteiger partial charge on any atom is 0.224 e. The minimum absolute atomic E-state index is 0. The Bertz CT molecular complexity index is 636. The van der Waals surface area contributed by atoms with Crippen LogP contribution in [-0.4, -0.2) is 26.1 Å². The van der Waals surface area contributed by atoms with Gasteiger partial charge in [0.05, 0.1) is 19.6 Å². The van der Waals surface area contributed by atoms with E-state index in [1.54, 1.807) is 18.4 Å². The largest absolute Gasteiger partial charge is 0.497 e. The van der Waals surface area contributed by atoms with Gasteiger partial charge in [-0.05, 0) is 54.9 Å². The Morgan fingerprint density at radius 2 is 2.09 bits per heavy atom. The van der Waals surface area contributed by atoms with E-state index in [1.807, 2.05) is 12.1 Å². The first-order valence-electron chi connectivity index (χ1n) is 7.48. The molecule has 0 radical (unpaired) electrons. The zero-order valence-electron chi connectivity index (χ0n) is 13.0. The summed E-state index contributed by atoms with van der Waals surface area (Å²) in [6.07, 6.45) is 0.938. The number of rotatable bonds is 5. The highest BCUT2D eigenvalue weighted by molar-refractivity contribution is 7.15. The van der Waals surface area contributed by atoms with Crippen molar-refractivity contribution in [2.24, 2.45) is 5.92 Å². The monoisotopic (exact) mass is 352 g/mol. The molecule has 1 saturated heterocycles. The Kier molecular flexibility index (Phi) is 6.45. The first-order valence-corrected chi connectivity index (χ1v) is 8.29. The van der Waals surface area contributed by atoms with E-state index in [9.17, 15) is 4.79 Å². The van der Waals surface area contributed by atoms with Gasteiger partial charge >= 0.3 is 0 Å². The van der Waals surface area contributed by atoms with Crippen molar-refractivity contribution in [2.45, 2.75) is 13.0 Å². The Hall–Kier alpha value is -1.56. The molecule has 2 heterocycles. The van der Waals surface area contributed by atoms with E-state index >= 15 is 0 Å². The smallest absolute Gasteiger partial charge is 0.224 e. The molecule has 1 amide bonds. The van der Waals surface area contributed by atoms with Crippen LogP contribution < -0.4 is 15.4 Å². The van der Waals surface area contributed by atoms with Gasteiger partial charge in [0.25, 0.3) is 0 Å². The summed E-state index contributed by atoms with van der Waals surface area (Å²) in [5, 5.41) is 6.25. The third-order valence-corrected chi connectivity index (χ3v) is 5.04. The summed E-state index contributed by atoms with van der Waals surface area (Å²) in [4.78, 5) is 14.4. The van der Waals surface area contributed by atoms with E-state index in [0.29, 0.717) is 6.54 Å². The summed E-state index contributed by atoms with van der Waals surface area (Å²) in [5.41, 5.74) is 1.17. The molecule has 6 heteroatoms. The van der Waals surface area contributed by atoms with Crippen LogP contribution in [0.4, 0.5) is 0 Å². The Balaban J connectivity index is 0.00000192. The SMILES string of the molecule is COc1ccc(-c2ccc(CNC(=O)C3CCNC3)s2)cc1.Cl. The summed E-state index contributed by atoms with van der Waals surface area (Å²) >= 11 is 1.71. The summed E-state index contributed by atoms with van der Waals surface area (Å²) in [7, 11) is 1.67. The Labute approximate surface area is 146 Å². The lowest BCUT2D eigenvalue weighted by molar-refractivity contribution is -0.124. The maximum atomic E-state index is 12.0. The van der Waals surface area contributed by atoms with Crippen molar-refractivity contribution in [3.8, 4) is 16.2 Å². The number of thiophene rings is 1. The lowest BCUT2D eigenvalue weighted by Crippen LogP contribution is -2.31. The third kappa shape index (κ3) is 4.47. The van der Waals surface area contributed by atoms with Crippen molar-refractivity contribution in [3.05, 3.63) is 41.3 Å². The second-order valence-corrected chi connectivity index (χ2v) is 6.57. The molecule has 0 aliphatic carbocycles. The minimum atomic E-state index is 0. The molecule has 124 valence electrons. The summed E-state index contributed by atoms with van der Waals surface area (Å²) < 4.78 is 5.17. The fourth-order valence-corrected chi connectivity index (χ4v) is 3.53. The van der Waals surface area contributed by atoms with E-state index in [1.165, 1.54) is 15.3 Å². The molecule has 1 aliphatic rings. The average molecular weight is 353 g/mol.